The quantitative estimate of drug-likeness (QED) is 0.569. The van der Waals surface area contributed by atoms with Gasteiger partial charge in [-0.05, 0) is 12.8 Å². The number of hydrogen-bond donors (Lipinski definition) is 1. The molecule has 0 aliphatic carbocycles. The predicted octanol–water partition coefficient (Wildman–Crippen LogP) is 5.06. The summed E-state index contributed by atoms with van der Waals surface area (Å²) >= 11 is 0. The first-order chi connectivity index (χ1) is 7.93. The Morgan fingerprint density at radius 1 is 1.00 bits per heavy atom. The van der Waals surface area contributed by atoms with Crippen LogP contribution in [0, 0.1) is 0 Å². The van der Waals surface area contributed by atoms with Crippen molar-refractivity contribution >= 4 is 8.35 Å². The fourth-order valence-electron chi connectivity index (χ4n) is 1.96. The van der Waals surface area contributed by atoms with E-state index in [0.29, 0.717) is 0 Å². The van der Waals surface area contributed by atoms with E-state index in [-0.39, 0.29) is 0 Å². The molecular formula is C13H25N2P. The van der Waals surface area contributed by atoms with E-state index in [1.165, 1.54) is 69.5 Å². The van der Waals surface area contributed by atoms with Crippen molar-refractivity contribution in [2.45, 2.75) is 71.1 Å². The lowest BCUT2D eigenvalue weighted by molar-refractivity contribution is 0.565. The molecule has 16 heavy (non-hydrogen) atoms. The third-order valence-electron chi connectivity index (χ3n) is 3.00. The number of nitrogens with one attached hydrogen (secondary N) is 1. The van der Waals surface area contributed by atoms with Crippen LogP contribution in [0.5, 0.6) is 0 Å². The number of aryl methyl sites for hydroxylation is 1. The molecule has 0 fully saturated rings. The highest BCUT2D eigenvalue weighted by molar-refractivity contribution is 7.26. The third kappa shape index (κ3) is 7.00. The summed E-state index contributed by atoms with van der Waals surface area (Å²) in [6.07, 6.45) is 16.0. The van der Waals surface area contributed by atoms with Gasteiger partial charge in [-0.1, -0.05) is 58.3 Å². The summed E-state index contributed by atoms with van der Waals surface area (Å²) in [5.41, 5.74) is 0. The number of aromatic amines is 1. The van der Waals surface area contributed by atoms with Crippen molar-refractivity contribution in [1.82, 2.24) is 9.96 Å². The van der Waals surface area contributed by atoms with Crippen molar-refractivity contribution in [3.8, 4) is 0 Å². The largest absolute Gasteiger partial charge is 0.281 e. The van der Waals surface area contributed by atoms with Crippen LogP contribution in [0.2, 0.25) is 0 Å². The van der Waals surface area contributed by atoms with E-state index in [1.54, 1.807) is 0 Å². The zero-order valence-electron chi connectivity index (χ0n) is 10.5. The van der Waals surface area contributed by atoms with Crippen LogP contribution in [0.4, 0.5) is 0 Å². The predicted molar refractivity (Wildman–Crippen MR) is 72.0 cm³/mol. The third-order valence-corrected chi connectivity index (χ3v) is 3.83. The lowest BCUT2D eigenvalue weighted by Crippen LogP contribution is -1.83. The van der Waals surface area contributed by atoms with Crippen LogP contribution < -0.4 is 0 Å². The average molecular weight is 240 g/mol. The Kier molecular flexibility index (Phi) is 8.43. The van der Waals surface area contributed by atoms with Crippen molar-refractivity contribution in [3.63, 3.8) is 0 Å². The van der Waals surface area contributed by atoms with Crippen molar-refractivity contribution in [2.75, 3.05) is 0 Å². The molecule has 0 unspecified atom stereocenters. The molecule has 0 radical (unpaired) electrons. The number of hydrogen-bond acceptors (Lipinski definition) is 1. The van der Waals surface area contributed by atoms with E-state index in [9.17, 15) is 0 Å². The molecule has 0 atom stereocenters. The molecule has 0 amide bonds. The fraction of sp³-hybridized carbons (Fsp3) is 0.846. The maximum Gasteiger partial charge on any atom is 0.0657 e. The molecule has 1 rings (SSSR count). The number of nitrogens with zero attached hydrogens (tertiary/aromatic N) is 1. The molecule has 0 aliphatic rings. The molecule has 1 aromatic heterocycles. The summed E-state index contributed by atoms with van der Waals surface area (Å²) in [6.45, 7) is 2.28. The lowest BCUT2D eigenvalue weighted by Gasteiger charge is -2.01. The summed E-state index contributed by atoms with van der Waals surface area (Å²) in [5.74, 6) is 0. The van der Waals surface area contributed by atoms with Crippen molar-refractivity contribution in [3.05, 3.63) is 11.5 Å². The molecule has 2 nitrogen and oxygen atoms in total. The van der Waals surface area contributed by atoms with Gasteiger partial charge in [0.05, 0.1) is 8.35 Å². The smallest absolute Gasteiger partial charge is 0.0657 e. The lowest BCUT2D eigenvalue weighted by atomic mass is 10.1. The van der Waals surface area contributed by atoms with Gasteiger partial charge >= 0.3 is 0 Å². The second kappa shape index (κ2) is 9.84. The summed E-state index contributed by atoms with van der Waals surface area (Å²) in [4.78, 5) is 4.05. The zero-order chi connectivity index (χ0) is 11.5. The minimum atomic E-state index is 1.14. The van der Waals surface area contributed by atoms with Crippen LogP contribution >= 0.6 is 8.35 Å². The number of unbranched alkanes of at least 4 members (excludes halogenated alkanes) is 8. The Bertz CT molecular complexity index is 234. The molecule has 0 aromatic carbocycles. The SMILES string of the molecule is CCCCCCCCCCCc1c[nH]np1. The van der Waals surface area contributed by atoms with Crippen LogP contribution in [0.25, 0.3) is 0 Å². The summed E-state index contributed by atoms with van der Waals surface area (Å²) in [5, 5.41) is 4.35. The van der Waals surface area contributed by atoms with Crippen molar-refractivity contribution in [2.24, 2.45) is 0 Å². The molecule has 0 bridgehead atoms. The van der Waals surface area contributed by atoms with E-state index >= 15 is 0 Å². The second-order valence-corrected chi connectivity index (χ2v) is 5.52. The first-order valence-corrected chi connectivity index (χ1v) is 7.63. The minimum absolute atomic E-state index is 1.14. The highest BCUT2D eigenvalue weighted by atomic mass is 31.0. The van der Waals surface area contributed by atoms with Crippen molar-refractivity contribution < 1.29 is 0 Å². The van der Waals surface area contributed by atoms with Crippen LogP contribution in [0.3, 0.4) is 0 Å². The van der Waals surface area contributed by atoms with Gasteiger partial charge < -0.3 is 0 Å². The molecule has 0 spiro atoms. The van der Waals surface area contributed by atoms with Gasteiger partial charge in [0.15, 0.2) is 0 Å². The van der Waals surface area contributed by atoms with E-state index in [2.05, 4.69) is 16.9 Å². The van der Waals surface area contributed by atoms with Crippen LogP contribution in [-0.2, 0) is 6.42 Å². The van der Waals surface area contributed by atoms with Gasteiger partial charge in [0.25, 0.3) is 0 Å². The number of aromatic nitrogens is 2. The normalized spacial score (nSPS) is 11.3. The Morgan fingerprint density at radius 2 is 1.62 bits per heavy atom. The summed E-state index contributed by atoms with van der Waals surface area (Å²) < 4.78 is 0. The molecule has 3 heteroatoms. The maximum atomic E-state index is 4.05. The fourth-order valence-corrected chi connectivity index (χ4v) is 2.58. The van der Waals surface area contributed by atoms with Gasteiger partial charge in [-0.25, -0.2) is 0 Å². The molecule has 0 saturated carbocycles. The molecule has 0 aliphatic heterocycles. The van der Waals surface area contributed by atoms with E-state index in [0.717, 1.165) is 8.35 Å². The number of rotatable bonds is 10. The summed E-state index contributed by atoms with van der Waals surface area (Å²) in [7, 11) is 1.14. The average Bonchev–Trinajstić information content (AvgIpc) is 2.80. The first kappa shape index (κ1) is 13.7. The van der Waals surface area contributed by atoms with E-state index in [1.807, 2.05) is 6.20 Å². The van der Waals surface area contributed by atoms with Crippen molar-refractivity contribution in [1.29, 1.82) is 0 Å². The maximum absolute atomic E-state index is 4.05. The first-order valence-electron chi connectivity index (χ1n) is 6.79. The van der Waals surface area contributed by atoms with Gasteiger partial charge in [-0.2, -0.15) is 4.86 Å². The van der Waals surface area contributed by atoms with E-state index < -0.39 is 0 Å². The Hall–Kier alpha value is -0.360. The molecular weight excluding hydrogens is 215 g/mol. The van der Waals surface area contributed by atoms with Gasteiger partial charge in [0.1, 0.15) is 0 Å². The van der Waals surface area contributed by atoms with Crippen LogP contribution in [0.15, 0.2) is 6.20 Å². The monoisotopic (exact) mass is 240 g/mol. The molecule has 92 valence electrons. The topological polar surface area (TPSA) is 28.7 Å². The Labute approximate surface area is 101 Å². The van der Waals surface area contributed by atoms with Gasteiger partial charge in [-0.3, -0.25) is 5.10 Å². The zero-order valence-corrected chi connectivity index (χ0v) is 11.4. The highest BCUT2D eigenvalue weighted by Crippen LogP contribution is 2.14. The molecule has 1 aromatic rings. The second-order valence-electron chi connectivity index (χ2n) is 4.54. The standard InChI is InChI=1S/C13H25N2P/c1-2-3-4-5-6-7-8-9-10-11-13-12-14-15-16-13/h12H,2-11H2,1H3,(H,14,15). The Balaban J connectivity index is 1.78. The molecule has 1 heterocycles. The van der Waals surface area contributed by atoms with Crippen LogP contribution in [0.1, 0.15) is 70.0 Å². The van der Waals surface area contributed by atoms with Crippen LogP contribution in [-0.4, -0.2) is 9.96 Å². The van der Waals surface area contributed by atoms with Gasteiger partial charge in [-0.15, -0.1) is 0 Å². The molecule has 0 saturated heterocycles. The Morgan fingerprint density at radius 3 is 2.19 bits per heavy atom. The highest BCUT2D eigenvalue weighted by Gasteiger charge is 1.95. The van der Waals surface area contributed by atoms with Gasteiger partial charge in [0.2, 0.25) is 0 Å². The number of H-pyrrole nitrogens is 1. The minimum Gasteiger partial charge on any atom is -0.281 e. The van der Waals surface area contributed by atoms with E-state index in [4.69, 9.17) is 0 Å². The van der Waals surface area contributed by atoms with Gasteiger partial charge in [0, 0.05) is 11.5 Å². The summed E-state index contributed by atoms with van der Waals surface area (Å²) in [6, 6.07) is 0. The molecule has 1 N–H and O–H groups in total.